The van der Waals surface area contributed by atoms with E-state index in [9.17, 15) is 0 Å². The van der Waals surface area contributed by atoms with Gasteiger partial charge in [-0.1, -0.05) is 12.1 Å². The van der Waals surface area contributed by atoms with E-state index in [0.29, 0.717) is 13.2 Å². The van der Waals surface area contributed by atoms with Gasteiger partial charge in [0.25, 0.3) is 0 Å². The first-order chi connectivity index (χ1) is 10.1. The predicted molar refractivity (Wildman–Crippen MR) is 85.9 cm³/mol. The summed E-state index contributed by atoms with van der Waals surface area (Å²) in [6.07, 6.45) is 0.294. The molecule has 0 amide bonds. The topological polar surface area (TPSA) is 39.7 Å². The van der Waals surface area contributed by atoms with Crippen LogP contribution in [0.1, 0.15) is 39.3 Å². The van der Waals surface area contributed by atoms with Crippen molar-refractivity contribution in [2.75, 3.05) is 26.9 Å². The first-order valence-corrected chi connectivity index (χ1v) is 7.70. The minimum absolute atomic E-state index is 0.101. The fourth-order valence-electron chi connectivity index (χ4n) is 1.99. The van der Waals surface area contributed by atoms with Crippen molar-refractivity contribution in [2.24, 2.45) is 0 Å². The second kappa shape index (κ2) is 9.77. The van der Waals surface area contributed by atoms with E-state index in [4.69, 9.17) is 14.2 Å². The molecule has 0 saturated heterocycles. The Balaban J connectivity index is 2.51. The van der Waals surface area contributed by atoms with Gasteiger partial charge in [0.2, 0.25) is 0 Å². The lowest BCUT2D eigenvalue weighted by Gasteiger charge is -2.20. The zero-order chi connectivity index (χ0) is 15.7. The first kappa shape index (κ1) is 18.0. The molecule has 4 nitrogen and oxygen atoms in total. The maximum atomic E-state index is 5.83. The van der Waals surface area contributed by atoms with Crippen molar-refractivity contribution in [3.63, 3.8) is 0 Å². The summed E-state index contributed by atoms with van der Waals surface area (Å²) < 4.78 is 16.8. The molecule has 2 unspecified atom stereocenters. The number of ether oxygens (including phenoxy) is 3. The third-order valence-corrected chi connectivity index (χ3v) is 3.11. The molecule has 21 heavy (non-hydrogen) atoms. The molecular weight excluding hydrogens is 266 g/mol. The molecule has 0 fully saturated rings. The zero-order valence-electron chi connectivity index (χ0n) is 13.9. The maximum Gasteiger partial charge on any atom is 0.119 e. The van der Waals surface area contributed by atoms with E-state index in [0.717, 1.165) is 12.4 Å². The molecule has 1 aromatic carbocycles. The van der Waals surface area contributed by atoms with Gasteiger partial charge in [-0.15, -0.1) is 0 Å². The van der Waals surface area contributed by atoms with E-state index < -0.39 is 0 Å². The summed E-state index contributed by atoms with van der Waals surface area (Å²) in [5, 5.41) is 3.28. The second-order valence-corrected chi connectivity index (χ2v) is 5.38. The Labute approximate surface area is 128 Å². The summed E-state index contributed by atoms with van der Waals surface area (Å²) in [6, 6.07) is 8.33. The van der Waals surface area contributed by atoms with Gasteiger partial charge in [-0.2, -0.15) is 0 Å². The average molecular weight is 295 g/mol. The molecule has 0 aromatic heterocycles. The van der Waals surface area contributed by atoms with Crippen LogP contribution in [0.25, 0.3) is 0 Å². The molecule has 0 bridgehead atoms. The van der Waals surface area contributed by atoms with Crippen molar-refractivity contribution in [2.45, 2.75) is 45.9 Å². The van der Waals surface area contributed by atoms with E-state index in [1.54, 1.807) is 0 Å². The van der Waals surface area contributed by atoms with E-state index >= 15 is 0 Å². The summed E-state index contributed by atoms with van der Waals surface area (Å²) in [4.78, 5) is 0. The van der Waals surface area contributed by atoms with Crippen molar-refractivity contribution in [3.8, 4) is 5.75 Å². The molecular formula is C17H29NO3. The minimum Gasteiger partial charge on any atom is -0.491 e. The van der Waals surface area contributed by atoms with Crippen molar-refractivity contribution >= 4 is 0 Å². The number of hydrogen-bond donors (Lipinski definition) is 1. The molecule has 0 aliphatic heterocycles. The number of nitrogens with one attached hydrogen (secondary N) is 1. The Morgan fingerprint density at radius 2 is 1.71 bits per heavy atom. The van der Waals surface area contributed by atoms with Crippen molar-refractivity contribution < 1.29 is 14.2 Å². The molecule has 0 aliphatic carbocycles. The Morgan fingerprint density at radius 1 is 1.05 bits per heavy atom. The van der Waals surface area contributed by atoms with Crippen LogP contribution in [-0.2, 0) is 9.47 Å². The molecule has 4 heteroatoms. The minimum atomic E-state index is 0.101. The quantitative estimate of drug-likeness (QED) is 0.719. The zero-order valence-corrected chi connectivity index (χ0v) is 13.9. The van der Waals surface area contributed by atoms with E-state index in [1.807, 2.05) is 46.9 Å². The Morgan fingerprint density at radius 3 is 2.24 bits per heavy atom. The largest absolute Gasteiger partial charge is 0.491 e. The van der Waals surface area contributed by atoms with Gasteiger partial charge in [0.15, 0.2) is 0 Å². The third kappa shape index (κ3) is 6.93. The average Bonchev–Trinajstić information content (AvgIpc) is 2.46. The van der Waals surface area contributed by atoms with Gasteiger partial charge in [-0.05, 0) is 52.4 Å². The Kier molecular flexibility index (Phi) is 8.35. The Hall–Kier alpha value is -1.10. The maximum absolute atomic E-state index is 5.83. The number of benzene rings is 1. The second-order valence-electron chi connectivity index (χ2n) is 5.38. The van der Waals surface area contributed by atoms with Gasteiger partial charge in [0, 0.05) is 6.61 Å². The van der Waals surface area contributed by atoms with E-state index in [2.05, 4.69) is 17.4 Å². The van der Waals surface area contributed by atoms with Crippen LogP contribution < -0.4 is 10.1 Å². The predicted octanol–water partition coefficient (Wildman–Crippen LogP) is 3.18. The molecule has 0 heterocycles. The van der Waals surface area contributed by atoms with Gasteiger partial charge in [0.05, 0.1) is 31.5 Å². The van der Waals surface area contributed by atoms with Gasteiger partial charge in [-0.3, -0.25) is 0 Å². The highest BCUT2D eigenvalue weighted by atomic mass is 16.5. The summed E-state index contributed by atoms with van der Waals surface area (Å²) >= 11 is 0. The summed E-state index contributed by atoms with van der Waals surface area (Å²) in [5.41, 5.74) is 1.19. The monoisotopic (exact) mass is 295 g/mol. The summed E-state index contributed by atoms with van der Waals surface area (Å²) in [5.74, 6) is 0.897. The molecule has 1 rings (SSSR count). The van der Waals surface area contributed by atoms with Crippen LogP contribution in [0.5, 0.6) is 5.75 Å². The van der Waals surface area contributed by atoms with Crippen LogP contribution >= 0.6 is 0 Å². The lowest BCUT2D eigenvalue weighted by atomic mass is 10.1. The Bertz CT molecular complexity index is 378. The van der Waals surface area contributed by atoms with Crippen molar-refractivity contribution in [1.82, 2.24) is 5.32 Å². The van der Waals surface area contributed by atoms with E-state index in [1.165, 1.54) is 5.56 Å². The standard InChI is InChI=1S/C17H29NO3/c1-6-19-11-14(4)20-12-17(18-5)15-7-9-16(10-8-15)21-13(2)3/h7-10,13-14,17-18H,6,11-12H2,1-5H3. The highest BCUT2D eigenvalue weighted by Crippen LogP contribution is 2.19. The van der Waals surface area contributed by atoms with Gasteiger partial charge in [0.1, 0.15) is 5.75 Å². The van der Waals surface area contributed by atoms with Gasteiger partial charge < -0.3 is 19.5 Å². The molecule has 1 N–H and O–H groups in total. The highest BCUT2D eigenvalue weighted by molar-refractivity contribution is 5.29. The normalized spacial score (nSPS) is 14.2. The molecule has 0 radical (unpaired) electrons. The number of rotatable bonds is 10. The number of hydrogen-bond acceptors (Lipinski definition) is 4. The summed E-state index contributed by atoms with van der Waals surface area (Å²) in [7, 11) is 1.94. The van der Waals surface area contributed by atoms with E-state index in [-0.39, 0.29) is 18.2 Å². The van der Waals surface area contributed by atoms with Crippen LogP contribution in [0, 0.1) is 0 Å². The highest BCUT2D eigenvalue weighted by Gasteiger charge is 2.12. The molecule has 0 saturated carbocycles. The smallest absolute Gasteiger partial charge is 0.119 e. The lowest BCUT2D eigenvalue weighted by Crippen LogP contribution is -2.26. The SMILES string of the molecule is CCOCC(C)OCC(NC)c1ccc(OC(C)C)cc1. The molecule has 0 spiro atoms. The fourth-order valence-corrected chi connectivity index (χ4v) is 1.99. The fraction of sp³-hybridized carbons (Fsp3) is 0.647. The first-order valence-electron chi connectivity index (χ1n) is 7.70. The molecule has 0 aliphatic rings. The molecule has 2 atom stereocenters. The van der Waals surface area contributed by atoms with Crippen molar-refractivity contribution in [1.29, 1.82) is 0 Å². The molecule has 120 valence electrons. The van der Waals surface area contributed by atoms with Crippen LogP contribution in [0.2, 0.25) is 0 Å². The molecule has 1 aromatic rings. The van der Waals surface area contributed by atoms with Gasteiger partial charge in [-0.25, -0.2) is 0 Å². The van der Waals surface area contributed by atoms with Crippen LogP contribution in [0.3, 0.4) is 0 Å². The van der Waals surface area contributed by atoms with Crippen molar-refractivity contribution in [3.05, 3.63) is 29.8 Å². The van der Waals surface area contributed by atoms with Crippen LogP contribution in [-0.4, -0.2) is 39.1 Å². The van der Waals surface area contributed by atoms with Crippen LogP contribution in [0.4, 0.5) is 0 Å². The van der Waals surface area contributed by atoms with Gasteiger partial charge >= 0.3 is 0 Å². The third-order valence-electron chi connectivity index (χ3n) is 3.11. The summed E-state index contributed by atoms with van der Waals surface area (Å²) in [6.45, 7) is 10.0. The van der Waals surface area contributed by atoms with Crippen LogP contribution in [0.15, 0.2) is 24.3 Å². The lowest BCUT2D eigenvalue weighted by molar-refractivity contribution is -0.0110. The number of likely N-dealkylation sites (N-methyl/N-ethyl adjacent to an activating group) is 1.